The average molecular weight is 744 g/mol. The largest absolute Gasteiger partial charge is 0.506 e. The number of H-pyrrole nitrogens is 1. The maximum absolute atomic E-state index is 14.4. The molecule has 0 aliphatic rings. The molecular formula is C39H43ClN5O6P. The van der Waals surface area contributed by atoms with Crippen LogP contribution >= 0.6 is 19.0 Å². The van der Waals surface area contributed by atoms with Gasteiger partial charge in [-0.1, -0.05) is 90.5 Å². The van der Waals surface area contributed by atoms with Gasteiger partial charge < -0.3 is 36.7 Å². The highest BCUT2D eigenvalue weighted by Crippen LogP contribution is 2.49. The van der Waals surface area contributed by atoms with E-state index in [-0.39, 0.29) is 37.2 Å². The number of phenolic OH excluding ortho intramolecular Hbond substituents is 1. The van der Waals surface area contributed by atoms with E-state index in [9.17, 15) is 28.9 Å². The number of nitrogens with one attached hydrogen (secondary N) is 4. The number of benzene rings is 4. The van der Waals surface area contributed by atoms with Crippen LogP contribution in [0.4, 0.5) is 5.69 Å². The van der Waals surface area contributed by atoms with Crippen molar-refractivity contribution in [2.45, 2.75) is 43.9 Å². The minimum Gasteiger partial charge on any atom is -0.506 e. The fourth-order valence-electron chi connectivity index (χ4n) is 6.17. The first-order valence-electron chi connectivity index (χ1n) is 17.0. The molecule has 0 spiro atoms. The predicted molar refractivity (Wildman–Crippen MR) is 204 cm³/mol. The van der Waals surface area contributed by atoms with Crippen LogP contribution in [0.2, 0.25) is 5.02 Å². The summed E-state index contributed by atoms with van der Waals surface area (Å²) in [6.45, 7) is -0.325. The highest BCUT2D eigenvalue weighted by molar-refractivity contribution is 7.58. The number of para-hydroxylation sites is 1. The standard InChI is InChI=1S/C39H43ClN5O6P/c40-30-18-19-35(46)33(22-30)43-24-36(47)45-37(20-27-12-5-2-6-13-27)52(50,51)25-28(15-9-14-26-10-3-1-4-11-26)39(49)44-34(38(41)48)21-29-23-42-32-17-8-7-16-31(29)32/h1-8,10-13,16-19,22-23,28,34,37,42-43,46H,9,14-15,20-21,24-25H2,(H2,41,48)(H,44,49)(H,45,47)(H,50,51). The predicted octanol–water partition coefficient (Wildman–Crippen LogP) is 5.75. The van der Waals surface area contributed by atoms with Crippen molar-refractivity contribution in [2.24, 2.45) is 11.7 Å². The van der Waals surface area contributed by atoms with Crippen LogP contribution in [0.3, 0.4) is 0 Å². The van der Waals surface area contributed by atoms with Crippen LogP contribution < -0.4 is 21.7 Å². The number of carbonyl (C=O) groups is 3. The molecule has 0 saturated carbocycles. The van der Waals surface area contributed by atoms with Gasteiger partial charge in [0.15, 0.2) is 0 Å². The summed E-state index contributed by atoms with van der Waals surface area (Å²) in [4.78, 5) is 54.8. The van der Waals surface area contributed by atoms with Gasteiger partial charge in [-0.05, 0) is 60.2 Å². The first kappa shape index (κ1) is 38.1. The number of nitrogens with two attached hydrogens (primary N) is 1. The first-order valence-corrected chi connectivity index (χ1v) is 19.3. The molecule has 3 amide bonds. The second-order valence-electron chi connectivity index (χ2n) is 12.8. The highest BCUT2D eigenvalue weighted by atomic mass is 35.5. The monoisotopic (exact) mass is 743 g/mol. The van der Waals surface area contributed by atoms with Crippen LogP contribution in [-0.4, -0.2) is 57.2 Å². The zero-order valence-corrected chi connectivity index (χ0v) is 30.2. The number of aromatic hydroxyl groups is 1. The van der Waals surface area contributed by atoms with Crippen molar-refractivity contribution in [3.63, 3.8) is 0 Å². The van der Waals surface area contributed by atoms with Crippen LogP contribution in [0.5, 0.6) is 5.75 Å². The van der Waals surface area contributed by atoms with Gasteiger partial charge in [-0.15, -0.1) is 0 Å². The smallest absolute Gasteiger partial charge is 0.240 e. The van der Waals surface area contributed by atoms with Crippen LogP contribution in [-0.2, 0) is 38.2 Å². The zero-order valence-electron chi connectivity index (χ0n) is 28.5. The summed E-state index contributed by atoms with van der Waals surface area (Å²) in [5.74, 6) is -4.27. The Labute approximate surface area is 307 Å². The van der Waals surface area contributed by atoms with Crippen molar-refractivity contribution in [1.29, 1.82) is 0 Å². The van der Waals surface area contributed by atoms with Gasteiger partial charge in [0.25, 0.3) is 0 Å². The first-order chi connectivity index (χ1) is 25.0. The molecular weight excluding hydrogens is 701 g/mol. The topological polar surface area (TPSA) is 187 Å². The second-order valence-corrected chi connectivity index (χ2v) is 15.8. The SMILES string of the molecule is NC(=O)C(Cc1c[nH]c2ccccc12)NC(=O)C(CCCc1ccccc1)CP(=O)(O)C(Cc1ccccc1)NC(=O)CNc1cc(Cl)ccc1O. The normalized spacial score (nSPS) is 14.1. The maximum Gasteiger partial charge on any atom is 0.240 e. The minimum absolute atomic E-state index is 0.0194. The lowest BCUT2D eigenvalue weighted by atomic mass is 9.98. The molecule has 0 fully saturated rings. The molecule has 272 valence electrons. The number of amides is 3. The van der Waals surface area contributed by atoms with Gasteiger partial charge in [0.1, 0.15) is 17.6 Å². The number of anilines is 1. The summed E-state index contributed by atoms with van der Waals surface area (Å²) >= 11 is 6.04. The second kappa shape index (κ2) is 17.9. The Morgan fingerprint density at radius 1 is 0.865 bits per heavy atom. The van der Waals surface area contributed by atoms with E-state index >= 15 is 0 Å². The summed E-state index contributed by atoms with van der Waals surface area (Å²) in [5.41, 5.74) is 9.43. The Hall–Kier alpha value is -5.09. The van der Waals surface area contributed by atoms with E-state index in [4.69, 9.17) is 17.3 Å². The number of fused-ring (bicyclic) bond motifs is 1. The number of aromatic nitrogens is 1. The maximum atomic E-state index is 14.4. The molecule has 1 heterocycles. The van der Waals surface area contributed by atoms with Crippen molar-refractivity contribution >= 4 is 53.3 Å². The number of rotatable bonds is 18. The fraction of sp³-hybridized carbons (Fsp3) is 0.256. The molecule has 0 bridgehead atoms. The third-order valence-electron chi connectivity index (χ3n) is 8.96. The van der Waals surface area contributed by atoms with Crippen molar-refractivity contribution in [1.82, 2.24) is 15.6 Å². The van der Waals surface area contributed by atoms with E-state index in [0.717, 1.165) is 22.0 Å². The minimum atomic E-state index is -4.33. The average Bonchev–Trinajstić information content (AvgIpc) is 3.54. The van der Waals surface area contributed by atoms with Crippen LogP contribution in [0, 0.1) is 5.92 Å². The van der Waals surface area contributed by atoms with Crippen molar-refractivity contribution < 1.29 is 28.9 Å². The Bertz CT molecular complexity index is 2030. The number of halogens is 1. The number of aryl methyl sites for hydroxylation is 1. The Morgan fingerprint density at radius 2 is 1.54 bits per heavy atom. The summed E-state index contributed by atoms with van der Waals surface area (Å²) in [6.07, 6.45) is 2.85. The molecule has 13 heteroatoms. The quantitative estimate of drug-likeness (QED) is 0.0440. The molecule has 11 nitrogen and oxygen atoms in total. The highest BCUT2D eigenvalue weighted by Gasteiger charge is 2.38. The Morgan fingerprint density at radius 3 is 2.25 bits per heavy atom. The zero-order chi connectivity index (χ0) is 37.1. The van der Waals surface area contributed by atoms with Gasteiger partial charge in [0.05, 0.1) is 12.2 Å². The number of hydrogen-bond acceptors (Lipinski definition) is 6. The Balaban J connectivity index is 1.35. The van der Waals surface area contributed by atoms with Gasteiger partial charge in [0, 0.05) is 47.0 Å². The van der Waals surface area contributed by atoms with E-state index in [1.165, 1.54) is 18.2 Å². The van der Waals surface area contributed by atoms with Crippen LogP contribution in [0.25, 0.3) is 10.9 Å². The molecule has 0 aliphatic carbocycles. The van der Waals surface area contributed by atoms with E-state index in [2.05, 4.69) is 20.9 Å². The van der Waals surface area contributed by atoms with E-state index in [1.807, 2.05) is 60.7 Å². The molecule has 8 N–H and O–H groups in total. The lowest BCUT2D eigenvalue weighted by Crippen LogP contribution is -2.49. The van der Waals surface area contributed by atoms with E-state index in [1.54, 1.807) is 30.5 Å². The lowest BCUT2D eigenvalue weighted by Gasteiger charge is -2.28. The van der Waals surface area contributed by atoms with E-state index in [0.29, 0.717) is 23.4 Å². The van der Waals surface area contributed by atoms with Crippen molar-refractivity contribution in [2.75, 3.05) is 18.0 Å². The number of hydrogen-bond donors (Lipinski definition) is 7. The third kappa shape index (κ3) is 10.7. The molecule has 0 radical (unpaired) electrons. The molecule has 0 aliphatic heterocycles. The van der Waals surface area contributed by atoms with Crippen molar-refractivity contribution in [3.8, 4) is 5.75 Å². The van der Waals surface area contributed by atoms with Crippen LogP contribution in [0.1, 0.15) is 29.5 Å². The summed E-state index contributed by atoms with van der Waals surface area (Å²) in [7, 11) is -4.33. The number of carbonyl (C=O) groups excluding carboxylic acids is 3. The summed E-state index contributed by atoms with van der Waals surface area (Å²) in [5, 5.41) is 19.7. The van der Waals surface area contributed by atoms with Gasteiger partial charge in [-0.3, -0.25) is 18.9 Å². The van der Waals surface area contributed by atoms with Gasteiger partial charge in [-0.2, -0.15) is 0 Å². The summed E-state index contributed by atoms with van der Waals surface area (Å²) in [6, 6.07) is 29.5. The fourth-order valence-corrected chi connectivity index (χ4v) is 8.42. The van der Waals surface area contributed by atoms with E-state index < -0.39 is 49.0 Å². The molecule has 52 heavy (non-hydrogen) atoms. The molecule has 4 unspecified atom stereocenters. The lowest BCUT2D eigenvalue weighted by molar-refractivity contribution is -0.129. The molecule has 5 aromatic rings. The summed E-state index contributed by atoms with van der Waals surface area (Å²) < 4.78 is 14.4. The molecule has 0 saturated heterocycles. The third-order valence-corrected chi connectivity index (χ3v) is 11.4. The molecule has 4 aromatic carbocycles. The molecule has 1 aromatic heterocycles. The molecule has 4 atom stereocenters. The van der Waals surface area contributed by atoms with Gasteiger partial charge in [0.2, 0.25) is 25.1 Å². The number of phenols is 1. The molecule has 5 rings (SSSR count). The Kier molecular flexibility index (Phi) is 13.1. The number of primary amides is 1. The van der Waals surface area contributed by atoms with Gasteiger partial charge in [-0.25, -0.2) is 0 Å². The van der Waals surface area contributed by atoms with Crippen LogP contribution in [0.15, 0.2) is 109 Å². The number of aromatic amines is 1. The van der Waals surface area contributed by atoms with Gasteiger partial charge >= 0.3 is 0 Å². The van der Waals surface area contributed by atoms with Crippen molar-refractivity contribution in [3.05, 3.63) is 131 Å².